The second kappa shape index (κ2) is 15.4. The molecule has 0 bridgehead atoms. The maximum atomic E-state index is 15.5. The average molecular weight is 697 g/mol. The first kappa shape index (κ1) is 35.9. The molecule has 9 nitrogen and oxygen atoms in total. The van der Waals surface area contributed by atoms with E-state index in [4.69, 9.17) is 16.3 Å². The molecule has 5 rings (SSSR count). The van der Waals surface area contributed by atoms with Gasteiger partial charge in [-0.15, -0.1) is 0 Å². The highest BCUT2D eigenvalue weighted by molar-refractivity contribution is 6.31. The van der Waals surface area contributed by atoms with E-state index in [0.29, 0.717) is 35.9 Å². The van der Waals surface area contributed by atoms with Crippen molar-refractivity contribution in [1.82, 2.24) is 19.8 Å². The number of carboxylic acid groups (broad SMARTS) is 1. The predicted molar refractivity (Wildman–Crippen MR) is 185 cm³/mol. The number of aromatic nitrogens is 2. The van der Waals surface area contributed by atoms with Crippen LogP contribution in [0.2, 0.25) is 5.02 Å². The summed E-state index contributed by atoms with van der Waals surface area (Å²) in [5.41, 5.74) is 2.54. The van der Waals surface area contributed by atoms with Crippen molar-refractivity contribution in [2.45, 2.75) is 46.7 Å². The van der Waals surface area contributed by atoms with Crippen LogP contribution in [0.25, 0.3) is 0 Å². The lowest BCUT2D eigenvalue weighted by Crippen LogP contribution is -2.49. The monoisotopic (exact) mass is 696 g/mol. The van der Waals surface area contributed by atoms with Crippen molar-refractivity contribution in [3.05, 3.63) is 105 Å². The highest BCUT2D eigenvalue weighted by Gasteiger charge is 2.36. The highest BCUT2D eigenvalue weighted by atomic mass is 35.5. The summed E-state index contributed by atoms with van der Waals surface area (Å²) in [7, 11) is 0. The molecule has 2 heterocycles. The zero-order chi connectivity index (χ0) is 35.4. The minimum absolute atomic E-state index is 0.0562. The molecule has 260 valence electrons. The molecule has 1 saturated heterocycles. The smallest absolute Gasteiger partial charge is 0.413 e. The molecule has 13 heteroatoms. The van der Waals surface area contributed by atoms with E-state index < -0.39 is 34.6 Å². The zero-order valence-electron chi connectivity index (χ0n) is 28.1. The number of amides is 1. The van der Waals surface area contributed by atoms with Crippen LogP contribution in [0.5, 0.6) is 5.75 Å². The lowest BCUT2D eigenvalue weighted by Gasteiger charge is -2.36. The Morgan fingerprint density at radius 1 is 0.959 bits per heavy atom. The standard InChI is InChI=1S/C36H40ClF3N6O3/c1-21(2)45-14-12-44(13-15-45)16-17-49-29-9-6-25(20-28(29)40)42-35-41-11-10-30(43-35)46(36(47)48)34(31-23(4)18-22(3)19-24(31)5)32-26(38)7-8-27(39)33(32)37/h6-11,18-21,34H,12-17H2,1-5H3,(H,47,48)(H,41,42,43). The van der Waals surface area contributed by atoms with Crippen LogP contribution in [0.1, 0.15) is 47.7 Å². The maximum absolute atomic E-state index is 15.5. The van der Waals surface area contributed by atoms with Crippen molar-refractivity contribution in [3.63, 3.8) is 0 Å². The van der Waals surface area contributed by atoms with Crippen LogP contribution in [0.4, 0.5) is 35.4 Å². The Bertz CT molecular complexity index is 1800. The van der Waals surface area contributed by atoms with Gasteiger partial charge >= 0.3 is 6.09 Å². The van der Waals surface area contributed by atoms with Gasteiger partial charge in [0.05, 0.1) is 11.1 Å². The summed E-state index contributed by atoms with van der Waals surface area (Å²) in [5, 5.41) is 12.9. The van der Waals surface area contributed by atoms with Crippen molar-refractivity contribution in [2.24, 2.45) is 0 Å². The number of nitrogens with one attached hydrogen (secondary N) is 1. The number of anilines is 3. The number of carbonyl (C=O) groups is 1. The number of rotatable bonds is 11. The van der Waals surface area contributed by atoms with E-state index in [-0.39, 0.29) is 28.8 Å². The summed E-state index contributed by atoms with van der Waals surface area (Å²) in [4.78, 5) is 27.1. The lowest BCUT2D eigenvalue weighted by molar-refractivity contribution is 0.0965. The maximum Gasteiger partial charge on any atom is 0.413 e. The van der Waals surface area contributed by atoms with Gasteiger partial charge in [0.15, 0.2) is 11.6 Å². The molecule has 1 amide bonds. The van der Waals surface area contributed by atoms with E-state index in [1.807, 2.05) is 19.1 Å². The van der Waals surface area contributed by atoms with Crippen molar-refractivity contribution >= 4 is 35.1 Å². The Kier molecular flexibility index (Phi) is 11.3. The molecule has 1 aliphatic heterocycles. The van der Waals surface area contributed by atoms with Crippen LogP contribution in [-0.4, -0.2) is 76.3 Å². The summed E-state index contributed by atoms with van der Waals surface area (Å²) in [6.45, 7) is 14.6. The minimum atomic E-state index is -1.50. The van der Waals surface area contributed by atoms with E-state index in [2.05, 4.69) is 38.9 Å². The van der Waals surface area contributed by atoms with Gasteiger partial charge in [-0.1, -0.05) is 29.3 Å². The first-order chi connectivity index (χ1) is 23.3. The number of halogens is 4. The molecule has 0 radical (unpaired) electrons. The van der Waals surface area contributed by atoms with Crippen LogP contribution in [-0.2, 0) is 0 Å². The van der Waals surface area contributed by atoms with Gasteiger partial charge in [0.25, 0.3) is 0 Å². The molecule has 0 saturated carbocycles. The van der Waals surface area contributed by atoms with Crippen molar-refractivity contribution < 1.29 is 27.8 Å². The largest absolute Gasteiger partial charge is 0.489 e. The van der Waals surface area contributed by atoms with Crippen LogP contribution < -0.4 is 15.0 Å². The summed E-state index contributed by atoms with van der Waals surface area (Å²) < 4.78 is 51.1. The molecule has 1 aliphatic rings. The normalized spacial score (nSPS) is 14.6. The number of piperazine rings is 1. The fraction of sp³-hybridized carbons (Fsp3) is 0.361. The number of hydrogen-bond acceptors (Lipinski definition) is 7. The molecule has 2 N–H and O–H groups in total. The second-order valence-electron chi connectivity index (χ2n) is 12.5. The molecule has 49 heavy (non-hydrogen) atoms. The molecule has 3 aromatic carbocycles. The first-order valence-electron chi connectivity index (χ1n) is 16.1. The van der Waals surface area contributed by atoms with E-state index in [9.17, 15) is 14.3 Å². The Balaban J connectivity index is 1.39. The van der Waals surface area contributed by atoms with Crippen LogP contribution in [0.15, 0.2) is 54.7 Å². The number of nitrogens with zero attached hydrogens (tertiary/aromatic N) is 5. The second-order valence-corrected chi connectivity index (χ2v) is 12.8. The molecule has 0 aliphatic carbocycles. The average Bonchev–Trinajstić information content (AvgIpc) is 3.04. The molecule has 1 unspecified atom stereocenters. The Morgan fingerprint density at radius 3 is 2.27 bits per heavy atom. The minimum Gasteiger partial charge on any atom is -0.489 e. The van der Waals surface area contributed by atoms with E-state index in [1.54, 1.807) is 19.9 Å². The van der Waals surface area contributed by atoms with Crippen molar-refractivity contribution in [2.75, 3.05) is 49.5 Å². The third-order valence-electron chi connectivity index (χ3n) is 8.71. The van der Waals surface area contributed by atoms with Crippen LogP contribution >= 0.6 is 11.6 Å². The Hall–Kier alpha value is -4.39. The van der Waals surface area contributed by atoms with Gasteiger partial charge in [0, 0.05) is 62.3 Å². The fourth-order valence-corrected chi connectivity index (χ4v) is 6.57. The van der Waals surface area contributed by atoms with Gasteiger partial charge in [-0.25, -0.2) is 27.8 Å². The summed E-state index contributed by atoms with van der Waals surface area (Å²) in [5.74, 6) is -2.50. The van der Waals surface area contributed by atoms with Gasteiger partial charge in [-0.2, -0.15) is 4.98 Å². The number of hydrogen-bond donors (Lipinski definition) is 2. The van der Waals surface area contributed by atoms with Crippen molar-refractivity contribution in [3.8, 4) is 5.75 Å². The lowest BCUT2D eigenvalue weighted by atomic mass is 9.88. The van der Waals surface area contributed by atoms with Gasteiger partial charge in [0.1, 0.15) is 24.1 Å². The van der Waals surface area contributed by atoms with Crippen LogP contribution in [0, 0.1) is 38.2 Å². The molecular formula is C36H40ClF3N6O3. The van der Waals surface area contributed by atoms with Gasteiger partial charge < -0.3 is 15.2 Å². The third-order valence-corrected chi connectivity index (χ3v) is 9.09. The molecule has 0 spiro atoms. The van der Waals surface area contributed by atoms with Gasteiger partial charge in [-0.05, 0) is 81.6 Å². The molecule has 1 atom stereocenters. The quantitative estimate of drug-likeness (QED) is 0.153. The number of benzene rings is 3. The third kappa shape index (κ3) is 8.26. The van der Waals surface area contributed by atoms with Crippen molar-refractivity contribution in [1.29, 1.82) is 0 Å². The summed E-state index contributed by atoms with van der Waals surface area (Å²) >= 11 is 6.34. The number of aryl methyl sites for hydroxylation is 3. The number of ether oxygens (including phenoxy) is 1. The van der Waals surface area contributed by atoms with Gasteiger partial charge in [-0.3, -0.25) is 9.80 Å². The van der Waals surface area contributed by atoms with Crippen LogP contribution in [0.3, 0.4) is 0 Å². The van der Waals surface area contributed by atoms with E-state index >= 15 is 8.78 Å². The van der Waals surface area contributed by atoms with Gasteiger partial charge in [0.2, 0.25) is 5.95 Å². The highest BCUT2D eigenvalue weighted by Crippen LogP contribution is 2.41. The Morgan fingerprint density at radius 2 is 1.63 bits per heavy atom. The molecule has 1 fully saturated rings. The SMILES string of the molecule is Cc1cc(C)c(C(c2c(F)ccc(F)c2Cl)N(C(=O)O)c2ccnc(Nc3ccc(OCCN4CCN(C(C)C)CC4)c(F)c3)n2)c(C)c1. The zero-order valence-corrected chi connectivity index (χ0v) is 28.9. The topological polar surface area (TPSA) is 94.1 Å². The summed E-state index contributed by atoms with van der Waals surface area (Å²) in [6.07, 6.45) is -0.187. The fourth-order valence-electron chi connectivity index (χ4n) is 6.32. The summed E-state index contributed by atoms with van der Waals surface area (Å²) in [6, 6.07) is 10.2. The molecule has 1 aromatic heterocycles. The Labute approximate surface area is 289 Å². The molecular weight excluding hydrogens is 657 g/mol. The predicted octanol–water partition coefficient (Wildman–Crippen LogP) is 7.89. The van der Waals surface area contributed by atoms with E-state index in [0.717, 1.165) is 48.8 Å². The van der Waals surface area contributed by atoms with E-state index in [1.165, 1.54) is 24.4 Å². The molecule has 4 aromatic rings. The first-order valence-corrected chi connectivity index (χ1v) is 16.4.